The van der Waals surface area contributed by atoms with Gasteiger partial charge in [0.05, 0.1) is 12.5 Å². The summed E-state index contributed by atoms with van der Waals surface area (Å²) in [4.78, 5) is 12.3. The van der Waals surface area contributed by atoms with Gasteiger partial charge in [-0.2, -0.15) is 0 Å². The zero-order valence-corrected chi connectivity index (χ0v) is 13.6. The smallest absolute Gasteiger partial charge is 0.225 e. The highest BCUT2D eigenvalue weighted by atomic mass is 16.6. The predicted octanol–water partition coefficient (Wildman–Crippen LogP) is 1.42. The van der Waals surface area contributed by atoms with Gasteiger partial charge in [0.2, 0.25) is 5.91 Å². The highest BCUT2D eigenvalue weighted by molar-refractivity contribution is 5.79. The van der Waals surface area contributed by atoms with Crippen molar-refractivity contribution in [1.29, 1.82) is 0 Å². The number of hydrogen-bond acceptors (Lipinski definition) is 5. The van der Waals surface area contributed by atoms with Crippen LogP contribution in [-0.4, -0.2) is 33.9 Å². The van der Waals surface area contributed by atoms with E-state index >= 15 is 0 Å². The molecule has 0 saturated heterocycles. The van der Waals surface area contributed by atoms with Crippen LogP contribution in [0.2, 0.25) is 0 Å². The van der Waals surface area contributed by atoms with Crippen LogP contribution < -0.4 is 14.8 Å². The number of benzene rings is 1. The first-order valence-corrected chi connectivity index (χ1v) is 8.30. The zero-order chi connectivity index (χ0) is 16.5. The van der Waals surface area contributed by atoms with Gasteiger partial charge >= 0.3 is 0 Å². The number of hydrogen-bond donors (Lipinski definition) is 1. The maximum Gasteiger partial charge on any atom is 0.225 e. The quantitative estimate of drug-likeness (QED) is 0.918. The van der Waals surface area contributed by atoms with Gasteiger partial charge in [0, 0.05) is 13.0 Å². The molecule has 1 aromatic heterocycles. The van der Waals surface area contributed by atoms with Gasteiger partial charge in [-0.1, -0.05) is 6.07 Å². The van der Waals surface area contributed by atoms with Crippen molar-refractivity contribution in [2.75, 3.05) is 13.2 Å². The lowest BCUT2D eigenvalue weighted by Crippen LogP contribution is -2.30. The first-order valence-electron chi connectivity index (χ1n) is 8.30. The third kappa shape index (κ3) is 2.81. The molecule has 2 aromatic rings. The Hall–Kier alpha value is -2.57. The molecule has 1 atom stereocenters. The monoisotopic (exact) mass is 328 g/mol. The van der Waals surface area contributed by atoms with E-state index in [9.17, 15) is 4.79 Å². The molecule has 7 nitrogen and oxygen atoms in total. The minimum Gasteiger partial charge on any atom is -0.486 e. The van der Waals surface area contributed by atoms with E-state index in [0.717, 1.165) is 42.3 Å². The fourth-order valence-corrected chi connectivity index (χ4v) is 3.23. The normalized spacial score (nSPS) is 16.5. The second kappa shape index (κ2) is 6.14. The Labute approximate surface area is 140 Å². The number of aryl methyl sites for hydroxylation is 1. The van der Waals surface area contributed by atoms with Gasteiger partial charge < -0.3 is 19.4 Å². The van der Waals surface area contributed by atoms with E-state index in [2.05, 4.69) is 20.1 Å². The van der Waals surface area contributed by atoms with Gasteiger partial charge in [0.25, 0.3) is 0 Å². The number of nitrogens with one attached hydrogen (secondary N) is 1. The summed E-state index contributed by atoms with van der Waals surface area (Å²) in [5, 5.41) is 11.4. The number of ether oxygens (including phenoxy) is 2. The van der Waals surface area contributed by atoms with Crippen LogP contribution in [0.5, 0.6) is 11.5 Å². The third-order valence-electron chi connectivity index (χ3n) is 4.37. The molecular formula is C17H20N4O3. The standard InChI is InChI=1S/C17H20N4O3/c1-11(17-20-19-15-3-2-6-21(15)17)18-16(22)10-12-4-5-13-14(9-12)24-8-7-23-13/h4-5,9,11H,2-3,6-8,10H2,1H3,(H,18,22). The second-order valence-electron chi connectivity index (χ2n) is 6.17. The van der Waals surface area contributed by atoms with Crippen molar-refractivity contribution in [2.45, 2.75) is 38.8 Å². The molecule has 0 radical (unpaired) electrons. The highest BCUT2D eigenvalue weighted by Gasteiger charge is 2.22. The van der Waals surface area contributed by atoms with Crippen molar-refractivity contribution < 1.29 is 14.3 Å². The van der Waals surface area contributed by atoms with Crippen LogP contribution in [0, 0.1) is 0 Å². The molecule has 2 aliphatic rings. The number of amides is 1. The number of carbonyl (C=O) groups is 1. The van der Waals surface area contributed by atoms with Crippen LogP contribution in [0.25, 0.3) is 0 Å². The number of fused-ring (bicyclic) bond motifs is 2. The van der Waals surface area contributed by atoms with Gasteiger partial charge in [-0.25, -0.2) is 0 Å². The summed E-state index contributed by atoms with van der Waals surface area (Å²) in [5.41, 5.74) is 0.899. The average Bonchev–Trinajstić information content (AvgIpc) is 3.17. The van der Waals surface area contributed by atoms with Crippen molar-refractivity contribution in [3.8, 4) is 11.5 Å². The van der Waals surface area contributed by atoms with Gasteiger partial charge in [-0.15, -0.1) is 10.2 Å². The highest BCUT2D eigenvalue weighted by Crippen LogP contribution is 2.30. The van der Waals surface area contributed by atoms with Crippen molar-refractivity contribution in [3.63, 3.8) is 0 Å². The number of carbonyl (C=O) groups excluding carboxylic acids is 1. The topological polar surface area (TPSA) is 78.3 Å². The number of rotatable bonds is 4. The Balaban J connectivity index is 1.41. The summed E-state index contributed by atoms with van der Waals surface area (Å²) >= 11 is 0. The molecular weight excluding hydrogens is 308 g/mol. The summed E-state index contributed by atoms with van der Waals surface area (Å²) < 4.78 is 13.2. The van der Waals surface area contributed by atoms with Gasteiger partial charge in [-0.05, 0) is 31.0 Å². The van der Waals surface area contributed by atoms with E-state index in [1.165, 1.54) is 0 Å². The molecule has 7 heteroatoms. The van der Waals surface area contributed by atoms with E-state index in [0.29, 0.717) is 25.4 Å². The van der Waals surface area contributed by atoms with Gasteiger partial charge in [0.15, 0.2) is 17.3 Å². The molecule has 0 saturated carbocycles. The average molecular weight is 328 g/mol. The lowest BCUT2D eigenvalue weighted by Gasteiger charge is -2.19. The van der Waals surface area contributed by atoms with Crippen LogP contribution in [0.1, 0.15) is 36.6 Å². The largest absolute Gasteiger partial charge is 0.486 e. The first kappa shape index (κ1) is 15.0. The Morgan fingerprint density at radius 1 is 1.29 bits per heavy atom. The van der Waals surface area contributed by atoms with Gasteiger partial charge in [0.1, 0.15) is 19.0 Å². The van der Waals surface area contributed by atoms with E-state index in [4.69, 9.17) is 9.47 Å². The molecule has 4 rings (SSSR count). The molecule has 1 N–H and O–H groups in total. The molecule has 1 amide bonds. The molecule has 1 aromatic carbocycles. The fourth-order valence-electron chi connectivity index (χ4n) is 3.23. The van der Waals surface area contributed by atoms with Crippen LogP contribution in [0.3, 0.4) is 0 Å². The third-order valence-corrected chi connectivity index (χ3v) is 4.37. The Kier molecular flexibility index (Phi) is 3.84. The van der Waals surface area contributed by atoms with E-state index in [-0.39, 0.29) is 11.9 Å². The zero-order valence-electron chi connectivity index (χ0n) is 13.6. The second-order valence-corrected chi connectivity index (χ2v) is 6.17. The number of nitrogens with zero attached hydrogens (tertiary/aromatic N) is 3. The molecule has 0 aliphatic carbocycles. The Morgan fingerprint density at radius 2 is 2.12 bits per heavy atom. The van der Waals surface area contributed by atoms with Gasteiger partial charge in [-0.3, -0.25) is 4.79 Å². The first-order chi connectivity index (χ1) is 11.7. The Bertz CT molecular complexity index is 771. The number of aromatic nitrogens is 3. The summed E-state index contributed by atoms with van der Waals surface area (Å²) in [6, 6.07) is 5.46. The van der Waals surface area contributed by atoms with Crippen molar-refractivity contribution in [1.82, 2.24) is 20.1 Å². The summed E-state index contributed by atoms with van der Waals surface area (Å²) in [6.07, 6.45) is 2.35. The molecule has 24 heavy (non-hydrogen) atoms. The van der Waals surface area contributed by atoms with Crippen molar-refractivity contribution in [3.05, 3.63) is 35.4 Å². The predicted molar refractivity (Wildman–Crippen MR) is 86.0 cm³/mol. The lowest BCUT2D eigenvalue weighted by molar-refractivity contribution is -0.121. The van der Waals surface area contributed by atoms with Crippen LogP contribution >= 0.6 is 0 Å². The minimum atomic E-state index is -0.158. The fraction of sp³-hybridized carbons (Fsp3) is 0.471. The minimum absolute atomic E-state index is 0.0467. The summed E-state index contributed by atoms with van der Waals surface area (Å²) in [5.74, 6) is 3.23. The van der Waals surface area contributed by atoms with Crippen LogP contribution in [0.4, 0.5) is 0 Å². The molecule has 3 heterocycles. The van der Waals surface area contributed by atoms with E-state index in [1.54, 1.807) is 0 Å². The van der Waals surface area contributed by atoms with E-state index in [1.807, 2.05) is 25.1 Å². The van der Waals surface area contributed by atoms with Crippen molar-refractivity contribution >= 4 is 5.91 Å². The van der Waals surface area contributed by atoms with Crippen LogP contribution in [0.15, 0.2) is 18.2 Å². The molecule has 1 unspecified atom stereocenters. The molecule has 2 aliphatic heterocycles. The summed E-state index contributed by atoms with van der Waals surface area (Å²) in [7, 11) is 0. The SMILES string of the molecule is CC(NC(=O)Cc1ccc2c(c1)OCCO2)c1nnc2n1CCC2. The van der Waals surface area contributed by atoms with Crippen LogP contribution in [-0.2, 0) is 24.2 Å². The molecule has 0 fully saturated rings. The molecule has 0 bridgehead atoms. The summed E-state index contributed by atoms with van der Waals surface area (Å²) in [6.45, 7) is 3.97. The van der Waals surface area contributed by atoms with E-state index < -0.39 is 0 Å². The maximum atomic E-state index is 12.3. The maximum absolute atomic E-state index is 12.3. The Morgan fingerprint density at radius 3 is 3.00 bits per heavy atom. The molecule has 126 valence electrons. The lowest BCUT2D eigenvalue weighted by atomic mass is 10.1. The van der Waals surface area contributed by atoms with Crippen molar-refractivity contribution in [2.24, 2.45) is 0 Å². The molecule has 0 spiro atoms.